The molecule has 0 spiro atoms. The highest BCUT2D eigenvalue weighted by atomic mass is 28.3. The number of hydrogen-bond acceptors (Lipinski definition) is 2. The molecule has 0 saturated heterocycles. The van der Waals surface area contributed by atoms with Crippen molar-refractivity contribution in [2.75, 3.05) is 0 Å². The van der Waals surface area contributed by atoms with Crippen LogP contribution in [-0.4, -0.2) is 21.4 Å². The van der Waals surface area contributed by atoms with Crippen molar-refractivity contribution in [2.24, 2.45) is 11.3 Å². The minimum atomic E-state index is -0.691. The first-order chi connectivity index (χ1) is 7.82. The molecule has 1 radical (unpaired) electrons. The van der Waals surface area contributed by atoms with Gasteiger partial charge in [-0.25, -0.2) is 0 Å². The van der Waals surface area contributed by atoms with E-state index in [1.807, 2.05) is 0 Å². The quantitative estimate of drug-likeness (QED) is 0.484. The van der Waals surface area contributed by atoms with E-state index in [-0.39, 0.29) is 11.5 Å². The summed E-state index contributed by atoms with van der Waals surface area (Å²) in [6.45, 7) is 13.3. The molecule has 0 aromatic carbocycles. The largest absolute Gasteiger partial charge is 0.413 e. The molecule has 0 saturated carbocycles. The van der Waals surface area contributed by atoms with Crippen LogP contribution in [-0.2, 0) is 9.22 Å². The van der Waals surface area contributed by atoms with Crippen LogP contribution in [0, 0.1) is 11.3 Å². The predicted octanol–water partition coefficient (Wildman–Crippen LogP) is 4.06. The van der Waals surface area contributed by atoms with Crippen molar-refractivity contribution in [3.63, 3.8) is 0 Å². The van der Waals surface area contributed by atoms with Gasteiger partial charge >= 0.3 is 0 Å². The van der Waals surface area contributed by atoms with Gasteiger partial charge in [0.15, 0.2) is 0 Å². The molecule has 0 amide bonds. The maximum absolute atomic E-state index is 10.6. The third-order valence-corrected chi connectivity index (χ3v) is 3.68. The number of carbonyl (C=O) groups is 1. The lowest BCUT2D eigenvalue weighted by Gasteiger charge is -2.38. The fourth-order valence-electron chi connectivity index (χ4n) is 2.33. The maximum atomic E-state index is 10.6. The van der Waals surface area contributed by atoms with Crippen LogP contribution < -0.4 is 0 Å². The molecule has 3 heteroatoms. The Bertz CT molecular complexity index is 209. The Morgan fingerprint density at radius 3 is 2.18 bits per heavy atom. The van der Waals surface area contributed by atoms with Crippen LogP contribution in [0.2, 0.25) is 13.1 Å². The summed E-state index contributed by atoms with van der Waals surface area (Å²) >= 11 is 0. The molecule has 0 heterocycles. The van der Waals surface area contributed by atoms with Gasteiger partial charge in [-0.05, 0) is 37.3 Å². The van der Waals surface area contributed by atoms with Gasteiger partial charge < -0.3 is 9.22 Å². The second-order valence-electron chi connectivity index (χ2n) is 6.11. The minimum absolute atomic E-state index is 0.157. The van der Waals surface area contributed by atoms with Crippen LogP contribution in [0.4, 0.5) is 0 Å². The molecule has 0 aromatic rings. The van der Waals surface area contributed by atoms with E-state index in [0.717, 1.165) is 25.5 Å². The summed E-state index contributed by atoms with van der Waals surface area (Å²) in [7, 11) is -0.691. The van der Waals surface area contributed by atoms with Crippen LogP contribution in [0.25, 0.3) is 0 Å². The summed E-state index contributed by atoms with van der Waals surface area (Å²) in [4.78, 5) is 10.6. The highest BCUT2D eigenvalue weighted by molar-refractivity contribution is 6.48. The molecule has 17 heavy (non-hydrogen) atoms. The first-order valence-electron chi connectivity index (χ1n) is 6.73. The molecule has 101 valence electrons. The van der Waals surface area contributed by atoms with Crippen LogP contribution in [0.5, 0.6) is 0 Å². The molecule has 0 N–H and O–H groups in total. The number of aldehydes is 1. The SMILES string of the molecule is CCCC(CCC=O)C(O[Si](C)C)C(C)(C)C. The van der Waals surface area contributed by atoms with E-state index in [0.29, 0.717) is 12.3 Å². The normalized spacial score (nSPS) is 15.9. The molecule has 2 atom stereocenters. The smallest absolute Gasteiger partial charge is 0.205 e. The molecule has 2 unspecified atom stereocenters. The molecule has 0 aliphatic carbocycles. The summed E-state index contributed by atoms with van der Waals surface area (Å²) in [5, 5.41) is 0. The number of hydrogen-bond donors (Lipinski definition) is 0. The van der Waals surface area contributed by atoms with E-state index in [9.17, 15) is 4.79 Å². The summed E-state index contributed by atoms with van der Waals surface area (Å²) < 4.78 is 6.21. The van der Waals surface area contributed by atoms with Gasteiger partial charge in [-0.1, -0.05) is 34.1 Å². The summed E-state index contributed by atoms with van der Waals surface area (Å²) in [6.07, 6.45) is 5.27. The van der Waals surface area contributed by atoms with Crippen LogP contribution in [0.1, 0.15) is 53.4 Å². The van der Waals surface area contributed by atoms with Crippen LogP contribution in [0.15, 0.2) is 0 Å². The van der Waals surface area contributed by atoms with Crippen molar-refractivity contribution >= 4 is 15.3 Å². The molecule has 2 nitrogen and oxygen atoms in total. The molecule has 0 aliphatic heterocycles. The standard InChI is InChI=1S/C14H29O2Si/c1-7-9-12(10-8-11-15)13(14(2,3)4)16-17(5)6/h11-13H,7-10H2,1-6H3. The zero-order valence-corrected chi connectivity index (χ0v) is 13.4. The van der Waals surface area contributed by atoms with Crippen LogP contribution >= 0.6 is 0 Å². The van der Waals surface area contributed by atoms with Crippen molar-refractivity contribution in [1.29, 1.82) is 0 Å². The predicted molar refractivity (Wildman–Crippen MR) is 75.5 cm³/mol. The van der Waals surface area contributed by atoms with Gasteiger partial charge in [0, 0.05) is 6.42 Å². The summed E-state index contributed by atoms with van der Waals surface area (Å²) in [5.74, 6) is 0.519. The van der Waals surface area contributed by atoms with E-state index in [1.165, 1.54) is 0 Å². The first-order valence-corrected chi connectivity index (χ1v) is 9.14. The molecule has 0 aliphatic rings. The Labute approximate surface area is 109 Å². The third-order valence-electron chi connectivity index (χ3n) is 2.96. The lowest BCUT2D eigenvalue weighted by molar-refractivity contribution is -0.108. The van der Waals surface area contributed by atoms with Gasteiger partial charge in [0.05, 0.1) is 6.10 Å². The lowest BCUT2D eigenvalue weighted by Crippen LogP contribution is -2.39. The van der Waals surface area contributed by atoms with Crippen molar-refractivity contribution in [3.05, 3.63) is 0 Å². The minimum Gasteiger partial charge on any atom is -0.413 e. The second-order valence-corrected chi connectivity index (χ2v) is 8.16. The molecular weight excluding hydrogens is 228 g/mol. The third kappa shape index (κ3) is 6.99. The van der Waals surface area contributed by atoms with E-state index >= 15 is 0 Å². The molecule has 0 aromatic heterocycles. The second kappa shape index (κ2) is 8.04. The molecular formula is C14H29O2Si. The van der Waals surface area contributed by atoms with E-state index in [2.05, 4.69) is 40.8 Å². The van der Waals surface area contributed by atoms with Gasteiger partial charge in [0.1, 0.15) is 6.29 Å². The maximum Gasteiger partial charge on any atom is 0.205 e. The van der Waals surface area contributed by atoms with Gasteiger partial charge in [-0.2, -0.15) is 0 Å². The Morgan fingerprint density at radius 2 is 1.82 bits per heavy atom. The summed E-state index contributed by atoms with van der Waals surface area (Å²) in [6, 6.07) is 0. The Hall–Kier alpha value is -0.153. The Kier molecular flexibility index (Phi) is 7.97. The zero-order valence-electron chi connectivity index (χ0n) is 12.4. The van der Waals surface area contributed by atoms with Gasteiger partial charge in [-0.3, -0.25) is 0 Å². The van der Waals surface area contributed by atoms with Crippen molar-refractivity contribution in [1.82, 2.24) is 0 Å². The molecule has 0 fully saturated rings. The fourth-order valence-corrected chi connectivity index (χ4v) is 3.39. The van der Waals surface area contributed by atoms with E-state index in [1.54, 1.807) is 0 Å². The Morgan fingerprint density at radius 1 is 1.24 bits per heavy atom. The van der Waals surface area contributed by atoms with E-state index < -0.39 is 9.04 Å². The Balaban J connectivity index is 4.72. The zero-order chi connectivity index (χ0) is 13.5. The number of carbonyl (C=O) groups excluding carboxylic acids is 1. The monoisotopic (exact) mass is 257 g/mol. The van der Waals surface area contributed by atoms with Crippen molar-refractivity contribution in [3.8, 4) is 0 Å². The highest BCUT2D eigenvalue weighted by Gasteiger charge is 2.32. The molecule has 0 rings (SSSR count). The fraction of sp³-hybridized carbons (Fsp3) is 0.929. The van der Waals surface area contributed by atoms with E-state index in [4.69, 9.17) is 4.43 Å². The van der Waals surface area contributed by atoms with Gasteiger partial charge in [0.2, 0.25) is 9.04 Å². The lowest BCUT2D eigenvalue weighted by atomic mass is 9.78. The van der Waals surface area contributed by atoms with Crippen molar-refractivity contribution < 1.29 is 9.22 Å². The summed E-state index contributed by atoms with van der Waals surface area (Å²) in [5.41, 5.74) is 0.157. The average molecular weight is 257 g/mol. The van der Waals surface area contributed by atoms with Crippen LogP contribution in [0.3, 0.4) is 0 Å². The van der Waals surface area contributed by atoms with Crippen molar-refractivity contribution in [2.45, 2.75) is 72.6 Å². The average Bonchev–Trinajstić information content (AvgIpc) is 2.19. The van der Waals surface area contributed by atoms with Gasteiger partial charge in [-0.15, -0.1) is 0 Å². The number of rotatable bonds is 8. The highest BCUT2D eigenvalue weighted by Crippen LogP contribution is 2.33. The molecule has 0 bridgehead atoms. The van der Waals surface area contributed by atoms with Gasteiger partial charge in [0.25, 0.3) is 0 Å². The first kappa shape index (κ1) is 16.8. The topological polar surface area (TPSA) is 26.3 Å².